The Hall–Kier alpha value is -3.12. The Labute approximate surface area is 255 Å². The summed E-state index contributed by atoms with van der Waals surface area (Å²) in [6.07, 6.45) is 7.80. The Balaban J connectivity index is 0.00000198. The molecule has 5 rings (SSSR count). The number of rotatable bonds is 9. The van der Waals surface area contributed by atoms with Crippen LogP contribution in [0.5, 0.6) is 5.88 Å². The lowest BCUT2D eigenvalue weighted by Gasteiger charge is -2.24. The van der Waals surface area contributed by atoms with E-state index in [2.05, 4.69) is 37.3 Å². The van der Waals surface area contributed by atoms with Crippen molar-refractivity contribution in [3.8, 4) is 23.3 Å². The summed E-state index contributed by atoms with van der Waals surface area (Å²) >= 11 is 1.60. The number of hydrogen-bond acceptors (Lipinski definition) is 9. The fourth-order valence-electron chi connectivity index (χ4n) is 5.71. The van der Waals surface area contributed by atoms with E-state index in [9.17, 15) is 10.1 Å². The first-order chi connectivity index (χ1) is 20.3. The Morgan fingerprint density at radius 2 is 2.02 bits per heavy atom. The van der Waals surface area contributed by atoms with Crippen molar-refractivity contribution in [1.82, 2.24) is 24.6 Å². The smallest absolute Gasteiger partial charge is 0.217 e. The third-order valence-corrected chi connectivity index (χ3v) is 9.60. The predicted molar refractivity (Wildman–Crippen MR) is 172 cm³/mol. The van der Waals surface area contributed by atoms with Crippen LogP contribution < -0.4 is 15.1 Å². The molecule has 4 heterocycles. The van der Waals surface area contributed by atoms with Gasteiger partial charge in [0, 0.05) is 46.3 Å². The highest BCUT2D eigenvalue weighted by Crippen LogP contribution is 2.40. The van der Waals surface area contributed by atoms with Crippen LogP contribution in [0.2, 0.25) is 0 Å². The normalized spacial score (nSPS) is 18.9. The average Bonchev–Trinajstić information content (AvgIpc) is 3.72. The monoisotopic (exact) mass is 607 g/mol. The summed E-state index contributed by atoms with van der Waals surface area (Å²) in [4.78, 5) is 27.0. The van der Waals surface area contributed by atoms with Crippen molar-refractivity contribution in [2.45, 2.75) is 77.7 Å². The minimum Gasteiger partial charge on any atom is -0.476 e. The van der Waals surface area contributed by atoms with Gasteiger partial charge in [-0.05, 0) is 63.7 Å². The van der Waals surface area contributed by atoms with E-state index in [1.807, 2.05) is 40.1 Å². The Bertz CT molecular complexity index is 1490. The van der Waals surface area contributed by atoms with Gasteiger partial charge < -0.3 is 15.4 Å². The van der Waals surface area contributed by atoms with Crippen LogP contribution >= 0.6 is 20.6 Å². The highest BCUT2D eigenvalue weighted by molar-refractivity contribution is 7.43. The molecule has 11 heteroatoms. The summed E-state index contributed by atoms with van der Waals surface area (Å²) in [5, 5.41) is 14.4. The number of aromatic nitrogens is 4. The highest BCUT2D eigenvalue weighted by atomic mass is 32.1. The van der Waals surface area contributed by atoms with Crippen molar-refractivity contribution in [2.75, 3.05) is 20.2 Å². The fraction of sp³-hybridized carbons (Fsp3) is 0.516. The van der Waals surface area contributed by atoms with Crippen LogP contribution in [0.1, 0.15) is 87.0 Å². The van der Waals surface area contributed by atoms with Gasteiger partial charge in [-0.25, -0.2) is 4.98 Å². The number of carbonyl (C=O) groups is 1. The van der Waals surface area contributed by atoms with E-state index in [0.29, 0.717) is 53.9 Å². The molecule has 1 aliphatic carbocycles. The van der Waals surface area contributed by atoms with Crippen LogP contribution in [-0.2, 0) is 18.3 Å². The number of nitrogens with two attached hydrogens (primary N) is 1. The molecule has 2 aliphatic rings. The van der Waals surface area contributed by atoms with E-state index in [4.69, 9.17) is 15.5 Å². The van der Waals surface area contributed by atoms with Crippen LogP contribution in [0.25, 0.3) is 17.1 Å². The SMILES string of the molecule is CC.CCC/C(C(=O)[C@H]1CCCc2sc(P)c(C#N)c21)=C(/N)c1nc(OCC2CCCN2C)cc(-c2ccn(C)n2)n1. The van der Waals surface area contributed by atoms with Crippen LogP contribution in [0.4, 0.5) is 0 Å². The minimum atomic E-state index is -0.392. The van der Waals surface area contributed by atoms with Gasteiger partial charge in [-0.2, -0.15) is 15.3 Å². The maximum Gasteiger partial charge on any atom is 0.217 e. The van der Waals surface area contributed by atoms with Crippen LogP contribution in [0, 0.1) is 11.3 Å². The van der Waals surface area contributed by atoms with Crippen molar-refractivity contribution in [1.29, 1.82) is 5.26 Å². The third kappa shape index (κ3) is 6.75. The molecule has 0 amide bonds. The van der Waals surface area contributed by atoms with Crippen molar-refractivity contribution in [2.24, 2.45) is 12.8 Å². The number of fused-ring (bicyclic) bond motifs is 1. The summed E-state index contributed by atoms with van der Waals surface area (Å²) in [6.45, 7) is 7.59. The summed E-state index contributed by atoms with van der Waals surface area (Å²) in [5.74, 6) is 0.246. The van der Waals surface area contributed by atoms with Gasteiger partial charge in [0.1, 0.15) is 18.4 Å². The number of ketones is 1. The largest absolute Gasteiger partial charge is 0.476 e. The number of nitrogens with zero attached hydrogens (tertiary/aromatic N) is 6. The van der Waals surface area contributed by atoms with Gasteiger partial charge in [0.25, 0.3) is 0 Å². The number of ether oxygens (including phenoxy) is 1. The number of likely N-dealkylation sites (tertiary alicyclic amines) is 1. The molecule has 0 radical (unpaired) electrons. The Morgan fingerprint density at radius 1 is 1.24 bits per heavy atom. The van der Waals surface area contributed by atoms with Gasteiger partial charge in [0.15, 0.2) is 11.6 Å². The van der Waals surface area contributed by atoms with E-state index in [0.717, 1.165) is 53.7 Å². The molecule has 1 aliphatic heterocycles. The average molecular weight is 608 g/mol. The summed E-state index contributed by atoms with van der Waals surface area (Å²) in [6, 6.07) is 6.32. The number of hydrogen-bond donors (Lipinski definition) is 1. The number of Topliss-reactive ketones (excluding diaryl/α,β-unsaturated/α-hetero) is 1. The third-order valence-electron chi connectivity index (χ3n) is 7.86. The second-order valence-corrected chi connectivity index (χ2v) is 12.8. The number of nitriles is 1. The van der Waals surface area contributed by atoms with Crippen molar-refractivity contribution >= 4 is 36.7 Å². The molecule has 2 unspecified atom stereocenters. The highest BCUT2D eigenvalue weighted by Gasteiger charge is 2.34. The fourth-order valence-corrected chi connectivity index (χ4v) is 7.48. The van der Waals surface area contributed by atoms with E-state index in [1.54, 1.807) is 22.1 Å². The first-order valence-electron chi connectivity index (χ1n) is 14.9. The summed E-state index contributed by atoms with van der Waals surface area (Å²) in [5.41, 5.74) is 10.3. The standard InChI is InChI=1S/C29H36N7O2PS.C2H6/c1-4-7-19(27(37)18-9-5-10-23-25(18)20(15-30)29(39)40-23)26(31)28-32-22(21-11-13-36(3)34-21)14-24(33-28)38-16-17-8-6-12-35(17)2;1-2/h11,13-14,17-18H,4-10,12,16,31,39H2,1-3H3;1-2H3/b26-19-;/t17?,18-;/m0./s1. The molecule has 9 nitrogen and oxygen atoms in total. The molecular formula is C31H42N7O2PS. The van der Waals surface area contributed by atoms with E-state index in [-0.39, 0.29) is 17.3 Å². The van der Waals surface area contributed by atoms with Crippen LogP contribution in [-0.4, -0.2) is 56.7 Å². The number of likely N-dealkylation sites (N-methyl/N-ethyl adjacent to an activating group) is 1. The molecule has 0 spiro atoms. The van der Waals surface area contributed by atoms with Gasteiger partial charge >= 0.3 is 0 Å². The van der Waals surface area contributed by atoms with Gasteiger partial charge in [0.05, 0.1) is 17.0 Å². The Kier molecular flexibility index (Phi) is 10.9. The number of carbonyl (C=O) groups excluding carboxylic acids is 1. The zero-order valence-electron chi connectivity index (χ0n) is 25.3. The molecule has 224 valence electrons. The molecule has 0 bridgehead atoms. The van der Waals surface area contributed by atoms with Gasteiger partial charge in [-0.15, -0.1) is 11.3 Å². The van der Waals surface area contributed by atoms with Crippen LogP contribution in [0.15, 0.2) is 23.9 Å². The lowest BCUT2D eigenvalue weighted by Crippen LogP contribution is -2.30. The lowest BCUT2D eigenvalue weighted by atomic mass is 9.79. The molecule has 0 aromatic carbocycles. The molecule has 3 aromatic rings. The van der Waals surface area contributed by atoms with Crippen molar-refractivity contribution in [3.05, 3.63) is 45.7 Å². The van der Waals surface area contributed by atoms with Gasteiger partial charge in [-0.1, -0.05) is 36.4 Å². The molecule has 0 saturated carbocycles. The van der Waals surface area contributed by atoms with E-state index >= 15 is 0 Å². The molecular weight excluding hydrogens is 565 g/mol. The van der Waals surface area contributed by atoms with Crippen LogP contribution in [0.3, 0.4) is 0 Å². The molecule has 3 atom stereocenters. The quantitative estimate of drug-likeness (QED) is 0.267. The maximum atomic E-state index is 14.2. The summed E-state index contributed by atoms with van der Waals surface area (Å²) < 4.78 is 8.79. The number of aryl methyl sites for hydroxylation is 2. The molecule has 1 fully saturated rings. The van der Waals surface area contributed by atoms with E-state index < -0.39 is 5.92 Å². The zero-order valence-corrected chi connectivity index (χ0v) is 27.3. The van der Waals surface area contributed by atoms with Crippen molar-refractivity contribution in [3.63, 3.8) is 0 Å². The number of allylic oxidation sites excluding steroid dienone is 1. The van der Waals surface area contributed by atoms with Gasteiger partial charge in [0.2, 0.25) is 5.88 Å². The summed E-state index contributed by atoms with van der Waals surface area (Å²) in [7, 11) is 6.62. The lowest BCUT2D eigenvalue weighted by molar-refractivity contribution is -0.117. The first-order valence-corrected chi connectivity index (χ1v) is 16.3. The molecule has 3 aromatic heterocycles. The Morgan fingerprint density at radius 3 is 2.67 bits per heavy atom. The second kappa shape index (κ2) is 14.4. The van der Waals surface area contributed by atoms with Gasteiger partial charge in [-0.3, -0.25) is 9.48 Å². The second-order valence-electron chi connectivity index (χ2n) is 10.6. The molecule has 1 saturated heterocycles. The topological polar surface area (TPSA) is 123 Å². The zero-order chi connectivity index (χ0) is 30.4. The van der Waals surface area contributed by atoms with Crippen molar-refractivity contribution < 1.29 is 9.53 Å². The van der Waals surface area contributed by atoms with E-state index in [1.165, 1.54) is 0 Å². The first kappa shape index (κ1) is 31.8. The predicted octanol–water partition coefficient (Wildman–Crippen LogP) is 4.97. The molecule has 2 N–H and O–H groups in total. The number of thiophene rings is 1. The molecule has 42 heavy (non-hydrogen) atoms. The minimum absolute atomic E-state index is 0.0403. The maximum absolute atomic E-state index is 14.2.